The summed E-state index contributed by atoms with van der Waals surface area (Å²) >= 11 is 1.81. The van der Waals surface area contributed by atoms with Crippen molar-refractivity contribution < 1.29 is 4.74 Å². The van der Waals surface area contributed by atoms with Crippen molar-refractivity contribution in [2.75, 3.05) is 19.4 Å². The van der Waals surface area contributed by atoms with E-state index in [0.29, 0.717) is 5.56 Å². The number of hydrogen-bond donors (Lipinski definition) is 1. The van der Waals surface area contributed by atoms with Crippen LogP contribution in [-0.4, -0.2) is 19.4 Å². The van der Waals surface area contributed by atoms with Crippen LogP contribution in [-0.2, 0) is 5.75 Å². The van der Waals surface area contributed by atoms with Crippen LogP contribution < -0.4 is 10.5 Å². The zero-order valence-corrected chi connectivity index (χ0v) is 10.2. The van der Waals surface area contributed by atoms with Gasteiger partial charge in [-0.05, 0) is 36.9 Å². The largest absolute Gasteiger partial charge is 0.496 e. The molecule has 0 heterocycles. The van der Waals surface area contributed by atoms with Crippen LogP contribution in [0.3, 0.4) is 0 Å². The lowest BCUT2D eigenvalue weighted by Gasteiger charge is -2.08. The monoisotopic (exact) mass is 236 g/mol. The highest BCUT2D eigenvalue weighted by Crippen LogP contribution is 2.24. The second-order valence-corrected chi connectivity index (χ2v) is 4.44. The maximum absolute atomic E-state index is 8.82. The van der Waals surface area contributed by atoms with Crippen molar-refractivity contribution in [1.82, 2.24) is 0 Å². The Morgan fingerprint density at radius 2 is 2.31 bits per heavy atom. The van der Waals surface area contributed by atoms with Gasteiger partial charge in [-0.25, -0.2) is 0 Å². The summed E-state index contributed by atoms with van der Waals surface area (Å²) in [5.74, 6) is 2.74. The smallest absolute Gasteiger partial charge is 0.122 e. The van der Waals surface area contributed by atoms with Gasteiger partial charge in [-0.15, -0.1) is 0 Å². The van der Waals surface area contributed by atoms with Crippen LogP contribution >= 0.6 is 11.8 Å². The average Bonchev–Trinajstić information content (AvgIpc) is 2.34. The van der Waals surface area contributed by atoms with E-state index in [0.717, 1.165) is 35.8 Å². The summed E-state index contributed by atoms with van der Waals surface area (Å²) in [6, 6.07) is 7.63. The molecular weight excluding hydrogens is 220 g/mol. The molecule has 0 aliphatic heterocycles. The van der Waals surface area contributed by atoms with Crippen LogP contribution in [0.25, 0.3) is 0 Å². The Hall–Kier alpha value is -1.18. The Morgan fingerprint density at radius 1 is 1.50 bits per heavy atom. The zero-order valence-electron chi connectivity index (χ0n) is 9.40. The number of methoxy groups -OCH3 is 1. The molecule has 0 aliphatic rings. The molecule has 0 amide bonds. The van der Waals surface area contributed by atoms with E-state index in [-0.39, 0.29) is 0 Å². The van der Waals surface area contributed by atoms with Crippen molar-refractivity contribution in [3.63, 3.8) is 0 Å². The van der Waals surface area contributed by atoms with Crippen LogP contribution in [0.1, 0.15) is 17.5 Å². The normalized spacial score (nSPS) is 9.81. The van der Waals surface area contributed by atoms with Gasteiger partial charge in [-0.1, -0.05) is 0 Å². The molecule has 4 heteroatoms. The van der Waals surface area contributed by atoms with Crippen molar-refractivity contribution in [1.29, 1.82) is 5.26 Å². The lowest BCUT2D eigenvalue weighted by molar-refractivity contribution is 0.411. The van der Waals surface area contributed by atoms with E-state index in [2.05, 4.69) is 6.07 Å². The molecule has 86 valence electrons. The molecule has 0 aromatic heterocycles. The van der Waals surface area contributed by atoms with Crippen molar-refractivity contribution in [2.24, 2.45) is 5.73 Å². The molecule has 2 N–H and O–H groups in total. The molecule has 1 aromatic rings. The minimum Gasteiger partial charge on any atom is -0.496 e. The Kier molecular flexibility index (Phi) is 5.76. The van der Waals surface area contributed by atoms with Gasteiger partial charge in [0.25, 0.3) is 0 Å². The van der Waals surface area contributed by atoms with Crippen molar-refractivity contribution in [3.8, 4) is 11.8 Å². The Labute approximate surface area is 101 Å². The highest BCUT2D eigenvalue weighted by Gasteiger charge is 2.04. The molecule has 0 atom stereocenters. The third-order valence-electron chi connectivity index (χ3n) is 2.16. The van der Waals surface area contributed by atoms with Gasteiger partial charge in [0.05, 0.1) is 18.7 Å². The molecule has 0 spiro atoms. The first-order valence-electron chi connectivity index (χ1n) is 5.16. The molecule has 1 rings (SSSR count). The molecule has 3 nitrogen and oxygen atoms in total. The molecule has 0 aliphatic carbocycles. The Bertz CT molecular complexity index is 374. The number of thioether (sulfide) groups is 1. The van der Waals surface area contributed by atoms with Crippen LogP contribution in [0.15, 0.2) is 18.2 Å². The number of benzene rings is 1. The molecule has 0 bridgehead atoms. The second kappa shape index (κ2) is 7.15. The van der Waals surface area contributed by atoms with E-state index in [9.17, 15) is 0 Å². The van der Waals surface area contributed by atoms with Crippen LogP contribution in [0.5, 0.6) is 5.75 Å². The quantitative estimate of drug-likeness (QED) is 0.769. The van der Waals surface area contributed by atoms with E-state index in [1.807, 2.05) is 23.9 Å². The van der Waals surface area contributed by atoms with Crippen molar-refractivity contribution >= 4 is 11.8 Å². The molecule has 0 fully saturated rings. The van der Waals surface area contributed by atoms with Gasteiger partial charge in [0.2, 0.25) is 0 Å². The standard InChI is InChI=1S/C12H16N2OS/c1-15-12-4-3-10(8-14)7-11(12)9-16-6-2-5-13/h3-4,7H,2,5-6,9,13H2,1H3. The number of ether oxygens (including phenoxy) is 1. The van der Waals surface area contributed by atoms with E-state index in [1.165, 1.54) is 0 Å². The third-order valence-corrected chi connectivity index (χ3v) is 3.25. The van der Waals surface area contributed by atoms with E-state index in [1.54, 1.807) is 13.2 Å². The topological polar surface area (TPSA) is 59.0 Å². The molecule has 0 saturated carbocycles. The van der Waals surface area contributed by atoms with Crippen LogP contribution in [0, 0.1) is 11.3 Å². The minimum absolute atomic E-state index is 0.676. The van der Waals surface area contributed by atoms with Gasteiger partial charge >= 0.3 is 0 Å². The SMILES string of the molecule is COc1ccc(C#N)cc1CSCCCN. The average molecular weight is 236 g/mol. The van der Waals surface area contributed by atoms with Crippen LogP contribution in [0.2, 0.25) is 0 Å². The predicted octanol–water partition coefficient (Wildman–Crippen LogP) is 2.15. The summed E-state index contributed by atoms with van der Waals surface area (Å²) in [6.45, 7) is 0.725. The predicted molar refractivity (Wildman–Crippen MR) is 67.5 cm³/mol. The molecule has 0 radical (unpaired) electrons. The van der Waals surface area contributed by atoms with E-state index >= 15 is 0 Å². The number of nitriles is 1. The van der Waals surface area contributed by atoms with Gasteiger partial charge in [0.15, 0.2) is 0 Å². The van der Waals surface area contributed by atoms with Crippen molar-refractivity contribution in [3.05, 3.63) is 29.3 Å². The number of nitrogens with two attached hydrogens (primary N) is 1. The van der Waals surface area contributed by atoms with Crippen molar-refractivity contribution in [2.45, 2.75) is 12.2 Å². The number of rotatable bonds is 6. The summed E-state index contributed by atoms with van der Waals surface area (Å²) in [6.07, 6.45) is 1.02. The molecule has 0 unspecified atom stereocenters. The fraction of sp³-hybridized carbons (Fsp3) is 0.417. The minimum atomic E-state index is 0.676. The van der Waals surface area contributed by atoms with Gasteiger partial charge in [0, 0.05) is 11.3 Å². The summed E-state index contributed by atoms with van der Waals surface area (Å²) in [7, 11) is 1.65. The number of hydrogen-bond acceptors (Lipinski definition) is 4. The van der Waals surface area contributed by atoms with Gasteiger partial charge < -0.3 is 10.5 Å². The van der Waals surface area contributed by atoms with Crippen LogP contribution in [0.4, 0.5) is 0 Å². The lowest BCUT2D eigenvalue weighted by Crippen LogP contribution is -2.00. The van der Waals surface area contributed by atoms with E-state index < -0.39 is 0 Å². The van der Waals surface area contributed by atoms with Gasteiger partial charge in [-0.2, -0.15) is 17.0 Å². The third kappa shape index (κ3) is 3.76. The molecular formula is C12H16N2OS. The fourth-order valence-electron chi connectivity index (χ4n) is 1.33. The maximum Gasteiger partial charge on any atom is 0.122 e. The molecule has 0 saturated heterocycles. The fourth-order valence-corrected chi connectivity index (χ4v) is 2.29. The molecule has 1 aromatic carbocycles. The summed E-state index contributed by atoms with van der Waals surface area (Å²) < 4.78 is 5.25. The highest BCUT2D eigenvalue weighted by atomic mass is 32.2. The Morgan fingerprint density at radius 3 is 2.94 bits per heavy atom. The van der Waals surface area contributed by atoms with E-state index in [4.69, 9.17) is 15.7 Å². The Balaban J connectivity index is 2.65. The highest BCUT2D eigenvalue weighted by molar-refractivity contribution is 7.98. The second-order valence-electron chi connectivity index (χ2n) is 3.33. The first-order chi connectivity index (χ1) is 7.81. The summed E-state index contributed by atoms with van der Waals surface area (Å²) in [5.41, 5.74) is 7.18. The number of nitrogens with zero attached hydrogens (tertiary/aromatic N) is 1. The lowest BCUT2D eigenvalue weighted by atomic mass is 10.1. The molecule has 16 heavy (non-hydrogen) atoms. The first kappa shape index (κ1) is 12.9. The van der Waals surface area contributed by atoms with Gasteiger partial charge in [-0.3, -0.25) is 0 Å². The summed E-state index contributed by atoms with van der Waals surface area (Å²) in [5, 5.41) is 8.82. The van der Waals surface area contributed by atoms with Gasteiger partial charge in [0.1, 0.15) is 5.75 Å². The first-order valence-corrected chi connectivity index (χ1v) is 6.32. The zero-order chi connectivity index (χ0) is 11.8. The maximum atomic E-state index is 8.82. The summed E-state index contributed by atoms with van der Waals surface area (Å²) in [4.78, 5) is 0.